The Hall–Kier alpha value is -1.06. The predicted octanol–water partition coefficient (Wildman–Crippen LogP) is 3.06. The van der Waals surface area contributed by atoms with Crippen molar-refractivity contribution in [3.8, 4) is 5.75 Å². The maximum atomic E-state index is 5.99. The molecule has 1 N–H and O–H groups in total. The Morgan fingerprint density at radius 2 is 1.84 bits per heavy atom. The second-order valence-electron chi connectivity index (χ2n) is 5.75. The first-order valence-corrected chi connectivity index (χ1v) is 7.41. The molecule has 1 saturated carbocycles. The predicted molar refractivity (Wildman–Crippen MR) is 75.5 cm³/mol. The Morgan fingerprint density at radius 3 is 2.53 bits per heavy atom. The fourth-order valence-electron chi connectivity index (χ4n) is 2.97. The molecule has 0 amide bonds. The van der Waals surface area contributed by atoms with Crippen molar-refractivity contribution in [3.63, 3.8) is 0 Å². The molecule has 1 heterocycles. The monoisotopic (exact) mass is 261 g/mol. The Balaban J connectivity index is 1.61. The third-order valence-corrected chi connectivity index (χ3v) is 4.03. The lowest BCUT2D eigenvalue weighted by atomic mass is 10.1. The van der Waals surface area contributed by atoms with Gasteiger partial charge in [0.1, 0.15) is 5.75 Å². The lowest BCUT2D eigenvalue weighted by molar-refractivity contribution is 0.0503. The Morgan fingerprint density at radius 1 is 1.11 bits per heavy atom. The number of morpholine rings is 1. The smallest absolute Gasteiger partial charge is 0.119 e. The highest BCUT2D eigenvalue weighted by Crippen LogP contribution is 2.26. The molecule has 104 valence electrons. The molecular formula is C16H23NO2. The van der Waals surface area contributed by atoms with Crippen LogP contribution in [0.3, 0.4) is 0 Å². The van der Waals surface area contributed by atoms with Gasteiger partial charge in [-0.25, -0.2) is 0 Å². The van der Waals surface area contributed by atoms with Crippen LogP contribution in [0, 0.1) is 0 Å². The van der Waals surface area contributed by atoms with E-state index in [0.29, 0.717) is 18.2 Å². The number of rotatable bonds is 3. The quantitative estimate of drug-likeness (QED) is 0.907. The fourth-order valence-corrected chi connectivity index (χ4v) is 2.97. The van der Waals surface area contributed by atoms with Gasteiger partial charge in [0.25, 0.3) is 0 Å². The van der Waals surface area contributed by atoms with E-state index < -0.39 is 0 Å². The van der Waals surface area contributed by atoms with Gasteiger partial charge in [-0.3, -0.25) is 0 Å². The van der Waals surface area contributed by atoms with Gasteiger partial charge < -0.3 is 14.8 Å². The molecule has 2 atom stereocenters. The molecule has 3 nitrogen and oxygen atoms in total. The second kappa shape index (κ2) is 5.93. The van der Waals surface area contributed by atoms with Gasteiger partial charge in [-0.2, -0.15) is 0 Å². The molecule has 3 heteroatoms. The summed E-state index contributed by atoms with van der Waals surface area (Å²) in [5.74, 6) is 1.00. The standard InChI is InChI=1S/C16H23NO2/c1-12-10-18-11-16(17-12)13-6-8-15(9-7-13)19-14-4-2-3-5-14/h6-9,12,14,16-17H,2-5,10-11H2,1H3. The zero-order valence-corrected chi connectivity index (χ0v) is 11.6. The molecule has 1 aliphatic carbocycles. The molecule has 19 heavy (non-hydrogen) atoms. The third-order valence-electron chi connectivity index (χ3n) is 4.03. The summed E-state index contributed by atoms with van der Waals surface area (Å²) in [7, 11) is 0. The normalized spacial score (nSPS) is 28.5. The number of hydrogen-bond acceptors (Lipinski definition) is 3. The minimum atomic E-state index is 0.310. The summed E-state index contributed by atoms with van der Waals surface area (Å²) in [6.07, 6.45) is 5.46. The summed E-state index contributed by atoms with van der Waals surface area (Å²) in [5.41, 5.74) is 1.28. The van der Waals surface area contributed by atoms with E-state index in [2.05, 4.69) is 36.5 Å². The number of ether oxygens (including phenoxy) is 2. The first-order chi connectivity index (χ1) is 9.31. The average Bonchev–Trinajstić information content (AvgIpc) is 2.92. The van der Waals surface area contributed by atoms with Crippen LogP contribution in [0.15, 0.2) is 24.3 Å². The van der Waals surface area contributed by atoms with Crippen LogP contribution in [0.25, 0.3) is 0 Å². The minimum Gasteiger partial charge on any atom is -0.490 e. The summed E-state index contributed by atoms with van der Waals surface area (Å²) < 4.78 is 11.6. The number of hydrogen-bond donors (Lipinski definition) is 1. The zero-order chi connectivity index (χ0) is 13.1. The molecule has 0 radical (unpaired) electrons. The molecule has 3 rings (SSSR count). The molecule has 0 bridgehead atoms. The average molecular weight is 261 g/mol. The second-order valence-corrected chi connectivity index (χ2v) is 5.75. The van der Waals surface area contributed by atoms with Gasteiger partial charge in [-0.05, 0) is 50.3 Å². The first kappa shape index (κ1) is 12.9. The molecule has 2 fully saturated rings. The molecule has 0 spiro atoms. The molecular weight excluding hydrogens is 238 g/mol. The van der Waals surface area contributed by atoms with Crippen molar-refractivity contribution >= 4 is 0 Å². The van der Waals surface area contributed by atoms with Crippen LogP contribution >= 0.6 is 0 Å². The topological polar surface area (TPSA) is 30.5 Å². The van der Waals surface area contributed by atoms with Crippen LogP contribution in [0.2, 0.25) is 0 Å². The van der Waals surface area contributed by atoms with Crippen LogP contribution < -0.4 is 10.1 Å². The molecule has 2 unspecified atom stereocenters. The van der Waals surface area contributed by atoms with Gasteiger partial charge in [0.2, 0.25) is 0 Å². The van der Waals surface area contributed by atoms with E-state index in [4.69, 9.17) is 9.47 Å². The van der Waals surface area contributed by atoms with Crippen molar-refractivity contribution < 1.29 is 9.47 Å². The van der Waals surface area contributed by atoms with E-state index in [9.17, 15) is 0 Å². The maximum Gasteiger partial charge on any atom is 0.119 e. The number of nitrogens with one attached hydrogen (secondary N) is 1. The van der Waals surface area contributed by atoms with E-state index >= 15 is 0 Å². The van der Waals surface area contributed by atoms with Crippen molar-refractivity contribution in [2.45, 2.75) is 50.8 Å². The van der Waals surface area contributed by atoms with Crippen molar-refractivity contribution in [2.24, 2.45) is 0 Å². The van der Waals surface area contributed by atoms with Crippen molar-refractivity contribution in [2.75, 3.05) is 13.2 Å². The fraction of sp³-hybridized carbons (Fsp3) is 0.625. The molecule has 0 aromatic heterocycles. The van der Waals surface area contributed by atoms with Crippen molar-refractivity contribution in [1.29, 1.82) is 0 Å². The van der Waals surface area contributed by atoms with E-state index in [-0.39, 0.29) is 0 Å². The van der Waals surface area contributed by atoms with Crippen LogP contribution in [0.5, 0.6) is 5.75 Å². The Bertz CT molecular complexity index is 398. The summed E-state index contributed by atoms with van der Waals surface area (Å²) in [5, 5.41) is 3.56. The molecule has 1 aromatic carbocycles. The molecule has 1 aliphatic heterocycles. The zero-order valence-electron chi connectivity index (χ0n) is 11.6. The van der Waals surface area contributed by atoms with Gasteiger partial charge in [0.15, 0.2) is 0 Å². The highest BCUT2D eigenvalue weighted by Gasteiger charge is 2.20. The lowest BCUT2D eigenvalue weighted by Gasteiger charge is -2.29. The highest BCUT2D eigenvalue weighted by atomic mass is 16.5. The van der Waals surface area contributed by atoms with Crippen LogP contribution in [-0.2, 0) is 4.74 Å². The molecule has 1 saturated heterocycles. The lowest BCUT2D eigenvalue weighted by Crippen LogP contribution is -2.41. The Kier molecular flexibility index (Phi) is 4.04. The van der Waals surface area contributed by atoms with Crippen molar-refractivity contribution in [1.82, 2.24) is 5.32 Å². The van der Waals surface area contributed by atoms with Crippen LogP contribution in [0.1, 0.15) is 44.2 Å². The van der Waals surface area contributed by atoms with Crippen molar-refractivity contribution in [3.05, 3.63) is 29.8 Å². The summed E-state index contributed by atoms with van der Waals surface area (Å²) in [6, 6.07) is 9.23. The Labute approximate surface area is 115 Å². The highest BCUT2D eigenvalue weighted by molar-refractivity contribution is 5.29. The SMILES string of the molecule is CC1COCC(c2ccc(OC3CCCC3)cc2)N1. The summed E-state index contributed by atoms with van der Waals surface area (Å²) >= 11 is 0. The first-order valence-electron chi connectivity index (χ1n) is 7.41. The minimum absolute atomic E-state index is 0.310. The van der Waals surface area contributed by atoms with E-state index in [0.717, 1.165) is 19.0 Å². The largest absolute Gasteiger partial charge is 0.490 e. The third kappa shape index (κ3) is 3.28. The van der Waals surface area contributed by atoms with Crippen LogP contribution in [-0.4, -0.2) is 25.4 Å². The van der Waals surface area contributed by atoms with Gasteiger partial charge in [0.05, 0.1) is 25.4 Å². The van der Waals surface area contributed by atoms with Crippen LogP contribution in [0.4, 0.5) is 0 Å². The van der Waals surface area contributed by atoms with E-state index in [1.807, 2.05) is 0 Å². The summed E-state index contributed by atoms with van der Waals surface area (Å²) in [4.78, 5) is 0. The van der Waals surface area contributed by atoms with Gasteiger partial charge in [-0.15, -0.1) is 0 Å². The van der Waals surface area contributed by atoms with Gasteiger partial charge in [0, 0.05) is 6.04 Å². The van der Waals surface area contributed by atoms with Gasteiger partial charge >= 0.3 is 0 Å². The molecule has 1 aromatic rings. The number of benzene rings is 1. The van der Waals surface area contributed by atoms with Gasteiger partial charge in [-0.1, -0.05) is 12.1 Å². The van der Waals surface area contributed by atoms with E-state index in [1.54, 1.807) is 0 Å². The summed E-state index contributed by atoms with van der Waals surface area (Å²) in [6.45, 7) is 3.72. The van der Waals surface area contributed by atoms with E-state index in [1.165, 1.54) is 31.2 Å². The maximum absolute atomic E-state index is 5.99. The molecule has 2 aliphatic rings.